The largest absolute Gasteiger partial charge is 0.481 e. The summed E-state index contributed by atoms with van der Waals surface area (Å²) in [5.74, 6) is -0.894. The SMILES string of the molecule is CCOCCCC(=O)N(CCC(=O)O)C(C)(C)C. The minimum Gasteiger partial charge on any atom is -0.481 e. The van der Waals surface area contributed by atoms with E-state index in [9.17, 15) is 9.59 Å². The van der Waals surface area contributed by atoms with E-state index in [1.165, 1.54) is 0 Å². The van der Waals surface area contributed by atoms with Crippen LogP contribution in [0.3, 0.4) is 0 Å². The number of nitrogens with zero attached hydrogens (tertiary/aromatic N) is 1. The van der Waals surface area contributed by atoms with Crippen molar-refractivity contribution in [2.45, 2.75) is 52.5 Å². The molecule has 0 saturated heterocycles. The second-order valence-corrected chi connectivity index (χ2v) is 5.16. The highest BCUT2D eigenvalue weighted by Gasteiger charge is 2.26. The van der Waals surface area contributed by atoms with Crippen molar-refractivity contribution in [1.82, 2.24) is 4.90 Å². The Bertz CT molecular complexity index is 271. The summed E-state index contributed by atoms with van der Waals surface area (Å²) in [4.78, 5) is 24.3. The van der Waals surface area contributed by atoms with Crippen molar-refractivity contribution in [2.24, 2.45) is 0 Å². The number of hydrogen-bond donors (Lipinski definition) is 1. The van der Waals surface area contributed by atoms with Crippen LogP contribution in [0.2, 0.25) is 0 Å². The maximum atomic E-state index is 12.0. The molecule has 0 aliphatic rings. The minimum atomic E-state index is -0.883. The Balaban J connectivity index is 4.28. The van der Waals surface area contributed by atoms with E-state index in [0.29, 0.717) is 26.1 Å². The van der Waals surface area contributed by atoms with Gasteiger partial charge in [0, 0.05) is 31.7 Å². The maximum absolute atomic E-state index is 12.0. The number of carbonyl (C=O) groups is 2. The number of ether oxygens (including phenoxy) is 1. The predicted molar refractivity (Wildman–Crippen MR) is 69.4 cm³/mol. The van der Waals surface area contributed by atoms with Crippen LogP contribution in [0.25, 0.3) is 0 Å². The van der Waals surface area contributed by atoms with Crippen molar-refractivity contribution in [3.8, 4) is 0 Å². The Morgan fingerprint density at radius 3 is 2.28 bits per heavy atom. The molecule has 1 amide bonds. The summed E-state index contributed by atoms with van der Waals surface area (Å²) >= 11 is 0. The molecule has 0 aromatic heterocycles. The van der Waals surface area contributed by atoms with Gasteiger partial charge in [-0.25, -0.2) is 0 Å². The van der Waals surface area contributed by atoms with Crippen molar-refractivity contribution in [3.05, 3.63) is 0 Å². The Morgan fingerprint density at radius 1 is 1.22 bits per heavy atom. The normalized spacial score (nSPS) is 11.3. The van der Waals surface area contributed by atoms with Crippen LogP contribution in [0.4, 0.5) is 0 Å². The average molecular weight is 259 g/mol. The second-order valence-electron chi connectivity index (χ2n) is 5.16. The Hall–Kier alpha value is -1.10. The fourth-order valence-electron chi connectivity index (χ4n) is 1.65. The Labute approximate surface area is 109 Å². The molecular formula is C13H25NO4. The third kappa shape index (κ3) is 7.27. The van der Waals surface area contributed by atoms with E-state index < -0.39 is 5.97 Å². The number of aliphatic carboxylic acids is 1. The third-order valence-corrected chi connectivity index (χ3v) is 2.54. The number of carboxylic acids is 1. The van der Waals surface area contributed by atoms with Crippen LogP contribution >= 0.6 is 0 Å². The molecular weight excluding hydrogens is 234 g/mol. The molecule has 18 heavy (non-hydrogen) atoms. The van der Waals surface area contributed by atoms with Crippen molar-refractivity contribution in [1.29, 1.82) is 0 Å². The molecule has 0 aliphatic carbocycles. The quantitative estimate of drug-likeness (QED) is 0.676. The molecule has 0 atom stereocenters. The van der Waals surface area contributed by atoms with Crippen LogP contribution in [0, 0.1) is 0 Å². The number of hydrogen-bond acceptors (Lipinski definition) is 3. The first-order valence-corrected chi connectivity index (χ1v) is 6.39. The predicted octanol–water partition coefficient (Wildman–Crippen LogP) is 1.90. The van der Waals surface area contributed by atoms with Gasteiger partial charge in [0.25, 0.3) is 0 Å². The number of carbonyl (C=O) groups excluding carboxylic acids is 1. The highest BCUT2D eigenvalue weighted by Crippen LogP contribution is 2.16. The first kappa shape index (κ1) is 16.9. The lowest BCUT2D eigenvalue weighted by molar-refractivity contribution is -0.140. The molecule has 0 rings (SSSR count). The van der Waals surface area contributed by atoms with Crippen LogP contribution in [-0.2, 0) is 14.3 Å². The number of rotatable bonds is 8. The smallest absolute Gasteiger partial charge is 0.305 e. The lowest BCUT2D eigenvalue weighted by atomic mass is 10.0. The van der Waals surface area contributed by atoms with E-state index in [1.54, 1.807) is 4.90 Å². The van der Waals surface area contributed by atoms with Crippen molar-refractivity contribution in [2.75, 3.05) is 19.8 Å². The zero-order valence-electron chi connectivity index (χ0n) is 11.9. The maximum Gasteiger partial charge on any atom is 0.305 e. The highest BCUT2D eigenvalue weighted by atomic mass is 16.5. The molecule has 0 aromatic carbocycles. The lowest BCUT2D eigenvalue weighted by Crippen LogP contribution is -2.46. The van der Waals surface area contributed by atoms with Gasteiger partial charge in [-0.3, -0.25) is 9.59 Å². The summed E-state index contributed by atoms with van der Waals surface area (Å²) in [6, 6.07) is 0. The first-order valence-electron chi connectivity index (χ1n) is 6.39. The lowest BCUT2D eigenvalue weighted by Gasteiger charge is -2.35. The number of amides is 1. The van der Waals surface area contributed by atoms with E-state index in [1.807, 2.05) is 27.7 Å². The van der Waals surface area contributed by atoms with E-state index >= 15 is 0 Å². The average Bonchev–Trinajstić information content (AvgIpc) is 2.22. The summed E-state index contributed by atoms with van der Waals surface area (Å²) in [7, 11) is 0. The monoisotopic (exact) mass is 259 g/mol. The van der Waals surface area contributed by atoms with Gasteiger partial charge < -0.3 is 14.7 Å². The molecule has 0 radical (unpaired) electrons. The topological polar surface area (TPSA) is 66.8 Å². The first-order chi connectivity index (χ1) is 8.29. The van der Waals surface area contributed by atoms with Gasteiger partial charge in [0.1, 0.15) is 0 Å². The summed E-state index contributed by atoms with van der Waals surface area (Å²) in [6.07, 6.45) is 1.05. The molecule has 5 nitrogen and oxygen atoms in total. The van der Waals surface area contributed by atoms with E-state index in [0.717, 1.165) is 0 Å². The summed E-state index contributed by atoms with van der Waals surface area (Å²) in [5.41, 5.74) is -0.349. The molecule has 0 unspecified atom stereocenters. The Kier molecular flexibility index (Phi) is 7.59. The van der Waals surface area contributed by atoms with Crippen LogP contribution in [0.15, 0.2) is 0 Å². The minimum absolute atomic E-state index is 0.0107. The van der Waals surface area contributed by atoms with Crippen LogP contribution < -0.4 is 0 Å². The third-order valence-electron chi connectivity index (χ3n) is 2.54. The molecule has 0 heterocycles. The van der Waals surface area contributed by atoms with Gasteiger partial charge in [-0.15, -0.1) is 0 Å². The molecule has 0 aliphatic heterocycles. The molecule has 1 N–H and O–H groups in total. The van der Waals surface area contributed by atoms with Crippen molar-refractivity contribution < 1.29 is 19.4 Å². The fourth-order valence-corrected chi connectivity index (χ4v) is 1.65. The molecule has 0 spiro atoms. The summed E-state index contributed by atoms with van der Waals surface area (Å²) in [5, 5.41) is 8.70. The zero-order chi connectivity index (χ0) is 14.2. The standard InChI is InChI=1S/C13H25NO4/c1-5-18-10-6-7-11(15)14(13(2,3)4)9-8-12(16)17/h5-10H2,1-4H3,(H,16,17). The van der Waals surface area contributed by atoms with Gasteiger partial charge in [-0.2, -0.15) is 0 Å². The van der Waals surface area contributed by atoms with Crippen LogP contribution in [0.1, 0.15) is 47.0 Å². The zero-order valence-corrected chi connectivity index (χ0v) is 11.9. The summed E-state index contributed by atoms with van der Waals surface area (Å²) in [6.45, 7) is 9.12. The Morgan fingerprint density at radius 2 is 1.83 bits per heavy atom. The van der Waals surface area contributed by atoms with Gasteiger partial charge in [0.2, 0.25) is 5.91 Å². The van der Waals surface area contributed by atoms with E-state index in [4.69, 9.17) is 9.84 Å². The molecule has 0 bridgehead atoms. The van der Waals surface area contributed by atoms with Crippen LogP contribution in [0.5, 0.6) is 0 Å². The van der Waals surface area contributed by atoms with Gasteiger partial charge in [0.05, 0.1) is 6.42 Å². The molecule has 5 heteroatoms. The van der Waals surface area contributed by atoms with Gasteiger partial charge >= 0.3 is 5.97 Å². The van der Waals surface area contributed by atoms with Crippen molar-refractivity contribution >= 4 is 11.9 Å². The van der Waals surface area contributed by atoms with Gasteiger partial charge in [0.15, 0.2) is 0 Å². The molecule has 0 saturated carbocycles. The van der Waals surface area contributed by atoms with Gasteiger partial charge in [-0.1, -0.05) is 0 Å². The summed E-state index contributed by atoms with van der Waals surface area (Å²) < 4.78 is 5.18. The second kappa shape index (κ2) is 8.08. The fraction of sp³-hybridized carbons (Fsp3) is 0.846. The molecule has 0 aromatic rings. The van der Waals surface area contributed by atoms with Crippen molar-refractivity contribution in [3.63, 3.8) is 0 Å². The molecule has 106 valence electrons. The van der Waals surface area contributed by atoms with E-state index in [2.05, 4.69) is 0 Å². The van der Waals surface area contributed by atoms with E-state index in [-0.39, 0.29) is 24.4 Å². The molecule has 0 fully saturated rings. The van der Waals surface area contributed by atoms with Crippen LogP contribution in [-0.4, -0.2) is 47.2 Å². The van der Waals surface area contributed by atoms with Gasteiger partial charge in [-0.05, 0) is 34.1 Å². The highest BCUT2D eigenvalue weighted by molar-refractivity contribution is 5.77. The number of carboxylic acid groups (broad SMARTS) is 1.